The van der Waals surface area contributed by atoms with Gasteiger partial charge in [-0.05, 0) is 36.8 Å². The Labute approximate surface area is 155 Å². The quantitative estimate of drug-likeness (QED) is 0.567. The maximum absolute atomic E-state index is 12.6. The molecule has 0 unspecified atom stereocenters. The predicted octanol–water partition coefficient (Wildman–Crippen LogP) is 1.26. The van der Waals surface area contributed by atoms with Gasteiger partial charge in [-0.3, -0.25) is 14.8 Å². The van der Waals surface area contributed by atoms with Crippen molar-refractivity contribution in [3.05, 3.63) is 48.0 Å². The van der Waals surface area contributed by atoms with Crippen LogP contribution in [0.25, 0.3) is 0 Å². The zero-order chi connectivity index (χ0) is 19.8. The number of ether oxygens (including phenoxy) is 1. The summed E-state index contributed by atoms with van der Waals surface area (Å²) in [6.45, 7) is 1.51. The molecule has 1 atom stereocenters. The molecular formula is C17H17N3O6S. The van der Waals surface area contributed by atoms with Crippen LogP contribution in [0.4, 0.5) is 10.5 Å². The number of aromatic hydroxyl groups is 1. The molecule has 9 nitrogen and oxygen atoms in total. The molecule has 2 aromatic rings. The highest BCUT2D eigenvalue weighted by atomic mass is 32.2. The first-order chi connectivity index (χ1) is 12.7. The lowest BCUT2D eigenvalue weighted by atomic mass is 9.92. The fourth-order valence-electron chi connectivity index (χ4n) is 2.69. The van der Waals surface area contributed by atoms with E-state index in [1.54, 1.807) is 12.1 Å². The summed E-state index contributed by atoms with van der Waals surface area (Å²) in [4.78, 5) is 23.1. The van der Waals surface area contributed by atoms with Gasteiger partial charge in [-0.2, -0.15) is 0 Å². The van der Waals surface area contributed by atoms with E-state index in [1.165, 1.54) is 44.4 Å². The second-order valence-corrected chi connectivity index (χ2v) is 7.70. The van der Waals surface area contributed by atoms with E-state index in [0.717, 1.165) is 0 Å². The fourth-order valence-corrected chi connectivity index (χ4v) is 3.85. The second-order valence-electron chi connectivity index (χ2n) is 6.05. The van der Waals surface area contributed by atoms with Gasteiger partial charge in [0.05, 0.1) is 7.11 Å². The highest BCUT2D eigenvalue weighted by Crippen LogP contribution is 2.30. The monoisotopic (exact) mass is 391 g/mol. The van der Waals surface area contributed by atoms with Crippen LogP contribution in [0.1, 0.15) is 12.5 Å². The Kier molecular flexibility index (Phi) is 4.44. The Balaban J connectivity index is 1.95. The van der Waals surface area contributed by atoms with E-state index in [1.807, 2.05) is 0 Å². The number of phenols is 1. The van der Waals surface area contributed by atoms with Crippen molar-refractivity contribution >= 4 is 27.6 Å². The van der Waals surface area contributed by atoms with E-state index in [0.29, 0.717) is 5.56 Å². The Bertz CT molecular complexity index is 1040. The van der Waals surface area contributed by atoms with Crippen molar-refractivity contribution in [3.63, 3.8) is 0 Å². The number of anilines is 1. The Hall–Kier alpha value is -3.27. The van der Waals surface area contributed by atoms with Gasteiger partial charge in [0, 0.05) is 11.8 Å². The molecule has 142 valence electrons. The summed E-state index contributed by atoms with van der Waals surface area (Å²) in [5, 5.41) is 14.6. The summed E-state index contributed by atoms with van der Waals surface area (Å²) >= 11 is 0. The molecule has 27 heavy (non-hydrogen) atoms. The first-order valence-electron chi connectivity index (χ1n) is 7.80. The van der Waals surface area contributed by atoms with Crippen LogP contribution in [0.3, 0.4) is 0 Å². The number of benzene rings is 2. The van der Waals surface area contributed by atoms with Crippen molar-refractivity contribution in [1.29, 1.82) is 0 Å². The van der Waals surface area contributed by atoms with Crippen LogP contribution in [-0.2, 0) is 20.4 Å². The van der Waals surface area contributed by atoms with E-state index in [4.69, 9.17) is 4.74 Å². The molecule has 4 N–H and O–H groups in total. The molecule has 1 fully saturated rings. The van der Waals surface area contributed by atoms with Crippen molar-refractivity contribution < 1.29 is 27.9 Å². The van der Waals surface area contributed by atoms with Gasteiger partial charge in [0.1, 0.15) is 21.9 Å². The predicted molar refractivity (Wildman–Crippen MR) is 95.9 cm³/mol. The minimum atomic E-state index is -4.13. The van der Waals surface area contributed by atoms with Crippen LogP contribution in [0, 0.1) is 0 Å². The van der Waals surface area contributed by atoms with Crippen LogP contribution in [-0.4, -0.2) is 32.6 Å². The molecule has 1 saturated heterocycles. The summed E-state index contributed by atoms with van der Waals surface area (Å²) in [6.07, 6.45) is 0. The van der Waals surface area contributed by atoms with Crippen LogP contribution in [0.15, 0.2) is 47.4 Å². The zero-order valence-electron chi connectivity index (χ0n) is 14.4. The van der Waals surface area contributed by atoms with Crippen molar-refractivity contribution in [3.8, 4) is 11.5 Å². The molecule has 3 rings (SSSR count). The number of urea groups is 1. The Morgan fingerprint density at radius 3 is 2.52 bits per heavy atom. The molecule has 10 heteroatoms. The number of amides is 3. The molecule has 0 saturated carbocycles. The van der Waals surface area contributed by atoms with Crippen molar-refractivity contribution in [2.75, 3.05) is 11.8 Å². The number of imide groups is 1. The van der Waals surface area contributed by atoms with Crippen LogP contribution < -0.4 is 20.1 Å². The largest absolute Gasteiger partial charge is 0.507 e. The maximum Gasteiger partial charge on any atom is 0.322 e. The molecule has 0 aromatic heterocycles. The summed E-state index contributed by atoms with van der Waals surface area (Å²) in [5.74, 6) is -0.716. The third kappa shape index (κ3) is 3.38. The van der Waals surface area contributed by atoms with E-state index in [-0.39, 0.29) is 16.3 Å². The van der Waals surface area contributed by atoms with Gasteiger partial charge >= 0.3 is 6.03 Å². The van der Waals surface area contributed by atoms with E-state index in [2.05, 4.69) is 15.4 Å². The van der Waals surface area contributed by atoms with E-state index in [9.17, 15) is 23.1 Å². The summed E-state index contributed by atoms with van der Waals surface area (Å²) in [6, 6.07) is 9.24. The SMILES string of the molecule is COc1ccc(O)c(S(=O)(=O)Nc2cccc([C@]3(C)NC(=O)NC3=O)c2)c1. The van der Waals surface area contributed by atoms with Gasteiger partial charge in [-0.25, -0.2) is 13.2 Å². The minimum absolute atomic E-state index is 0.157. The first kappa shape index (κ1) is 18.5. The number of sulfonamides is 1. The molecule has 2 aromatic carbocycles. The molecule has 0 aliphatic carbocycles. The second kappa shape index (κ2) is 6.47. The van der Waals surface area contributed by atoms with Gasteiger partial charge in [-0.1, -0.05) is 12.1 Å². The Morgan fingerprint density at radius 1 is 1.15 bits per heavy atom. The number of methoxy groups -OCH3 is 1. The lowest BCUT2D eigenvalue weighted by Crippen LogP contribution is -2.40. The fraction of sp³-hybridized carbons (Fsp3) is 0.176. The molecule has 0 radical (unpaired) electrons. The minimum Gasteiger partial charge on any atom is -0.507 e. The van der Waals surface area contributed by atoms with Gasteiger partial charge in [0.2, 0.25) is 0 Å². The number of rotatable bonds is 5. The highest BCUT2D eigenvalue weighted by molar-refractivity contribution is 7.92. The number of nitrogens with one attached hydrogen (secondary N) is 3. The van der Waals surface area contributed by atoms with Crippen molar-refractivity contribution in [2.45, 2.75) is 17.4 Å². The smallest absolute Gasteiger partial charge is 0.322 e. The van der Waals surface area contributed by atoms with Gasteiger partial charge in [0.15, 0.2) is 0 Å². The normalized spacial score (nSPS) is 19.3. The molecule has 1 aliphatic heterocycles. The first-order valence-corrected chi connectivity index (χ1v) is 9.28. The average molecular weight is 391 g/mol. The number of hydrogen-bond acceptors (Lipinski definition) is 6. The topological polar surface area (TPSA) is 134 Å². The summed E-state index contributed by atoms with van der Waals surface area (Å²) < 4.78 is 32.6. The molecule has 3 amide bonds. The van der Waals surface area contributed by atoms with Crippen LogP contribution in [0.5, 0.6) is 11.5 Å². The molecule has 1 aliphatic rings. The molecular weight excluding hydrogens is 374 g/mol. The molecule has 1 heterocycles. The number of phenolic OH excluding ortho intramolecular Hbond substituents is 1. The van der Waals surface area contributed by atoms with Crippen LogP contribution >= 0.6 is 0 Å². The van der Waals surface area contributed by atoms with Gasteiger partial charge < -0.3 is 15.2 Å². The third-order valence-electron chi connectivity index (χ3n) is 4.19. The molecule has 0 bridgehead atoms. The number of carbonyl (C=O) groups is 2. The van der Waals surface area contributed by atoms with E-state index < -0.39 is 33.3 Å². The summed E-state index contributed by atoms with van der Waals surface area (Å²) in [5.41, 5.74) is -0.776. The van der Waals surface area contributed by atoms with Gasteiger partial charge in [-0.15, -0.1) is 0 Å². The summed E-state index contributed by atoms with van der Waals surface area (Å²) in [7, 11) is -2.75. The lowest BCUT2D eigenvalue weighted by molar-refractivity contribution is -0.123. The average Bonchev–Trinajstić information content (AvgIpc) is 2.88. The lowest BCUT2D eigenvalue weighted by Gasteiger charge is -2.22. The zero-order valence-corrected chi connectivity index (χ0v) is 15.3. The standard InChI is InChI=1S/C17H17N3O6S/c1-17(15(22)18-16(23)19-17)10-4-3-5-11(8-10)20-27(24,25)14-9-12(26-2)6-7-13(14)21/h3-9,20-21H,1-2H3,(H2,18,19,22,23)/t17-/m0/s1. The Morgan fingerprint density at radius 2 is 1.89 bits per heavy atom. The maximum atomic E-state index is 12.6. The van der Waals surface area contributed by atoms with Crippen LogP contribution in [0.2, 0.25) is 0 Å². The third-order valence-corrected chi connectivity index (χ3v) is 5.60. The van der Waals surface area contributed by atoms with Crippen molar-refractivity contribution in [1.82, 2.24) is 10.6 Å². The van der Waals surface area contributed by atoms with Gasteiger partial charge in [0.25, 0.3) is 15.9 Å². The number of hydrogen-bond donors (Lipinski definition) is 4. The number of carbonyl (C=O) groups excluding carboxylic acids is 2. The van der Waals surface area contributed by atoms with Crippen molar-refractivity contribution in [2.24, 2.45) is 0 Å². The highest BCUT2D eigenvalue weighted by Gasteiger charge is 2.43. The molecule has 0 spiro atoms. The van der Waals surface area contributed by atoms with E-state index >= 15 is 0 Å².